The average molecular weight is 953 g/mol. The van der Waals surface area contributed by atoms with Gasteiger partial charge in [-0.1, -0.05) is 36.4 Å². The van der Waals surface area contributed by atoms with E-state index in [2.05, 4.69) is 0 Å². The van der Waals surface area contributed by atoms with Gasteiger partial charge in [0.25, 0.3) is 0 Å². The van der Waals surface area contributed by atoms with Crippen LogP contribution in [0.15, 0.2) is 84.9 Å². The second-order valence-corrected chi connectivity index (χ2v) is 13.1. The van der Waals surface area contributed by atoms with Crippen molar-refractivity contribution in [3.05, 3.63) is 117 Å². The summed E-state index contributed by atoms with van der Waals surface area (Å²) in [5.41, 5.74) is 14.4. The van der Waals surface area contributed by atoms with Gasteiger partial charge in [-0.05, 0) is 96.9 Å². The Labute approximate surface area is 373 Å². The van der Waals surface area contributed by atoms with Gasteiger partial charge >= 0.3 is 41.9 Å². The minimum atomic E-state index is -4.94. The number of halogens is 9. The molecule has 0 saturated heterocycles. The van der Waals surface area contributed by atoms with E-state index in [1.807, 2.05) is 24.3 Å². The molecular weight excluding hydrogens is 903 g/mol. The van der Waals surface area contributed by atoms with Gasteiger partial charge in [-0.2, -0.15) is 39.5 Å². The zero-order valence-electron chi connectivity index (χ0n) is 35.9. The Morgan fingerprint density at radius 3 is 1.18 bits per heavy atom. The number of carbonyl (C=O) groups is 3. The number of hydrogen-bond acceptors (Lipinski definition) is 11. The Kier molecular flexibility index (Phi) is 24.2. The van der Waals surface area contributed by atoms with Crippen LogP contribution in [0.2, 0.25) is 0 Å². The van der Waals surface area contributed by atoms with Crippen LogP contribution in [-0.2, 0) is 40.1 Å². The highest BCUT2D eigenvalue weighted by Gasteiger charge is 2.39. The summed E-state index contributed by atoms with van der Waals surface area (Å²) in [5, 5.41) is 16.0. The van der Waals surface area contributed by atoms with Crippen LogP contribution < -0.4 is 46.4 Å². The van der Waals surface area contributed by atoms with Gasteiger partial charge in [-0.25, -0.2) is 0 Å². The van der Waals surface area contributed by atoms with Crippen molar-refractivity contribution in [1.29, 1.82) is 0 Å². The molecule has 0 aromatic heterocycles. The van der Waals surface area contributed by atoms with Gasteiger partial charge < -0.3 is 46.4 Å². The van der Waals surface area contributed by atoms with Gasteiger partial charge in [0.1, 0.15) is 17.2 Å². The lowest BCUT2D eigenvalue weighted by atomic mass is 10.1. The Morgan fingerprint density at radius 2 is 0.864 bits per heavy atom. The number of anilines is 1. The van der Waals surface area contributed by atoms with Crippen molar-refractivity contribution in [2.45, 2.75) is 44.2 Å². The molecule has 7 N–H and O–H groups in total. The number of nitrogens with one attached hydrogen (secondary N) is 3. The number of nitrogens with two attached hydrogens (primary N) is 2. The first-order valence-corrected chi connectivity index (χ1v) is 19.1. The summed E-state index contributed by atoms with van der Waals surface area (Å²) in [6.07, 6.45) is -13.0. The quantitative estimate of drug-likeness (QED) is 0.0356. The van der Waals surface area contributed by atoms with Gasteiger partial charge in [0.2, 0.25) is 0 Å². The molecule has 24 heteroatoms. The standard InChI is InChI=1S/C11H11F3N2O4.C11H13F3N2O2.C11H12F3NO2.C9H13NO/c1-20-9-3-2-7(6-8(9)16(18)19)4-5-15-10(17)11(12,13)14;1-18-9-3-2-7(6-8(9)15)4-5-16-10(17)11(12,13)14;1-17-9-4-2-8(3-5-9)6-7-15-10(16)11(12,13)14;1-11-9-4-2-8(3-5-9)6-7-10/h2-3,6H,4-5H2,1H3,(H,15,17);2-3,6H,4-5,15H2,1H3,(H,16,17);2-5H,6-7H2,1H3,(H,15,16);2-5H,6-7,10H2,1H3. The number of amides is 3. The summed E-state index contributed by atoms with van der Waals surface area (Å²) >= 11 is 0. The Bertz CT molecular complexity index is 2120. The number of nitrogens with zero attached hydrogens (tertiary/aromatic N) is 1. The van der Waals surface area contributed by atoms with E-state index in [-0.39, 0.29) is 43.9 Å². The molecule has 0 saturated carbocycles. The molecule has 0 aliphatic carbocycles. The molecule has 4 rings (SSSR count). The summed E-state index contributed by atoms with van der Waals surface area (Å²) in [5.74, 6) is -3.77. The van der Waals surface area contributed by atoms with E-state index >= 15 is 0 Å². The molecule has 66 heavy (non-hydrogen) atoms. The predicted octanol–water partition coefficient (Wildman–Crippen LogP) is 6.44. The Morgan fingerprint density at radius 1 is 0.530 bits per heavy atom. The fourth-order valence-electron chi connectivity index (χ4n) is 4.99. The predicted molar refractivity (Wildman–Crippen MR) is 224 cm³/mol. The fourth-order valence-corrected chi connectivity index (χ4v) is 4.99. The molecule has 0 radical (unpaired) electrons. The lowest BCUT2D eigenvalue weighted by molar-refractivity contribution is -0.385. The number of nitro groups is 1. The summed E-state index contributed by atoms with van der Waals surface area (Å²) in [6, 6.07) is 23.8. The highest BCUT2D eigenvalue weighted by molar-refractivity contribution is 5.82. The molecular formula is C42H49F9N6O9. The molecule has 0 atom stereocenters. The first kappa shape index (κ1) is 57.0. The number of nitro benzene ring substituents is 1. The molecule has 3 amide bonds. The number of benzene rings is 4. The first-order chi connectivity index (χ1) is 30.9. The average Bonchev–Trinajstić information content (AvgIpc) is 3.26. The van der Waals surface area contributed by atoms with Crippen molar-refractivity contribution in [2.24, 2.45) is 5.73 Å². The third kappa shape index (κ3) is 22.1. The van der Waals surface area contributed by atoms with Gasteiger partial charge in [-0.3, -0.25) is 24.5 Å². The molecule has 0 aliphatic heterocycles. The topological polar surface area (TPSA) is 219 Å². The maximum Gasteiger partial charge on any atom is 0.471 e. The van der Waals surface area contributed by atoms with E-state index in [0.29, 0.717) is 35.7 Å². The highest BCUT2D eigenvalue weighted by Crippen LogP contribution is 2.28. The largest absolute Gasteiger partial charge is 0.497 e. The number of rotatable bonds is 16. The van der Waals surface area contributed by atoms with Crippen molar-refractivity contribution in [1.82, 2.24) is 16.0 Å². The summed E-state index contributed by atoms with van der Waals surface area (Å²) in [4.78, 5) is 41.7. The maximum absolute atomic E-state index is 11.9. The van der Waals surface area contributed by atoms with Crippen molar-refractivity contribution in [3.63, 3.8) is 0 Å². The van der Waals surface area contributed by atoms with Crippen LogP contribution >= 0.6 is 0 Å². The van der Waals surface area contributed by atoms with Gasteiger partial charge in [0, 0.05) is 25.7 Å². The number of nitrogen functional groups attached to an aromatic ring is 1. The second kappa shape index (κ2) is 28.0. The van der Waals surface area contributed by atoms with E-state index in [4.69, 9.17) is 30.4 Å². The van der Waals surface area contributed by atoms with Gasteiger partial charge in [0.05, 0.1) is 39.0 Å². The Balaban J connectivity index is 0.000000448. The smallest absolute Gasteiger partial charge is 0.471 e. The summed E-state index contributed by atoms with van der Waals surface area (Å²) in [7, 11) is 5.93. The van der Waals surface area contributed by atoms with Crippen LogP contribution in [0.4, 0.5) is 50.9 Å². The number of carbonyl (C=O) groups excluding carboxylic acids is 3. The van der Waals surface area contributed by atoms with Crippen LogP contribution in [0.25, 0.3) is 0 Å². The van der Waals surface area contributed by atoms with E-state index < -0.39 is 41.2 Å². The lowest BCUT2D eigenvalue weighted by Crippen LogP contribution is -2.37. The molecule has 364 valence electrons. The van der Waals surface area contributed by atoms with Crippen molar-refractivity contribution in [3.8, 4) is 23.0 Å². The monoisotopic (exact) mass is 952 g/mol. The van der Waals surface area contributed by atoms with E-state index in [1.165, 1.54) is 45.1 Å². The van der Waals surface area contributed by atoms with Crippen molar-refractivity contribution >= 4 is 29.1 Å². The zero-order valence-corrected chi connectivity index (χ0v) is 35.9. The molecule has 4 aromatic rings. The molecule has 0 bridgehead atoms. The number of methoxy groups -OCH3 is 4. The van der Waals surface area contributed by atoms with Crippen LogP contribution in [0.5, 0.6) is 23.0 Å². The van der Waals surface area contributed by atoms with Crippen LogP contribution in [-0.4, -0.2) is 95.8 Å². The molecule has 15 nitrogen and oxygen atoms in total. The zero-order chi connectivity index (χ0) is 50.1. The van der Waals surface area contributed by atoms with Crippen molar-refractivity contribution in [2.75, 3.05) is 60.4 Å². The molecule has 4 aromatic carbocycles. The van der Waals surface area contributed by atoms with E-state index in [1.54, 1.807) is 65.5 Å². The molecule has 0 heterocycles. The summed E-state index contributed by atoms with van der Waals surface area (Å²) < 4.78 is 127. The Hall–Kier alpha value is -6.98. The molecule has 0 unspecified atom stereocenters. The lowest BCUT2D eigenvalue weighted by Gasteiger charge is -2.09. The maximum atomic E-state index is 11.9. The first-order valence-electron chi connectivity index (χ1n) is 19.1. The molecule has 0 aliphatic rings. The third-order valence-electron chi connectivity index (χ3n) is 8.36. The second-order valence-electron chi connectivity index (χ2n) is 13.1. The number of ether oxygens (including phenoxy) is 4. The highest BCUT2D eigenvalue weighted by atomic mass is 19.4. The normalized spacial score (nSPS) is 10.8. The van der Waals surface area contributed by atoms with Crippen LogP contribution in [0.3, 0.4) is 0 Å². The van der Waals surface area contributed by atoms with Crippen molar-refractivity contribution < 1.29 is 77.8 Å². The minimum Gasteiger partial charge on any atom is -0.497 e. The number of hydrogen-bond donors (Lipinski definition) is 5. The van der Waals surface area contributed by atoms with Crippen LogP contribution in [0.1, 0.15) is 22.3 Å². The van der Waals surface area contributed by atoms with Gasteiger partial charge in [-0.15, -0.1) is 0 Å². The third-order valence-corrected chi connectivity index (χ3v) is 8.36. The van der Waals surface area contributed by atoms with E-state index in [0.717, 1.165) is 23.3 Å². The number of alkyl halides is 9. The molecule has 0 fully saturated rings. The van der Waals surface area contributed by atoms with E-state index in [9.17, 15) is 64.0 Å². The fraction of sp³-hybridized carbons (Fsp3) is 0.357. The van der Waals surface area contributed by atoms with Gasteiger partial charge in [0.15, 0.2) is 5.75 Å². The minimum absolute atomic E-state index is 0.0344. The molecule has 0 spiro atoms. The summed E-state index contributed by atoms with van der Waals surface area (Å²) in [6.45, 7) is 0.267. The SMILES string of the molecule is COc1ccc(CCN)cc1.COc1ccc(CCNC(=O)C(F)(F)F)cc1.COc1ccc(CCNC(=O)C(F)(F)F)cc1N.COc1ccc(CCNC(=O)C(F)(F)F)cc1[N+](=O)[O-]. The van der Waals surface area contributed by atoms with Crippen LogP contribution in [0, 0.1) is 10.1 Å².